The van der Waals surface area contributed by atoms with Crippen LogP contribution < -0.4 is 14.6 Å². The monoisotopic (exact) mass is 557 g/mol. The molecule has 10 heteroatoms. The molecule has 0 radical (unpaired) electrons. The number of hydrogen-bond donors (Lipinski definition) is 3. The number of rotatable bonds is 8. The summed E-state index contributed by atoms with van der Waals surface area (Å²) in [6.07, 6.45) is 0. The van der Waals surface area contributed by atoms with E-state index in [0.29, 0.717) is 33.1 Å². The Balaban J connectivity index is 1.33. The zero-order valence-corrected chi connectivity index (χ0v) is 22.6. The lowest BCUT2D eigenvalue weighted by Gasteiger charge is -2.11. The Morgan fingerprint density at radius 2 is 1.51 bits per heavy atom. The molecular weight excluding hydrogens is 532 g/mol. The molecule has 0 aliphatic rings. The number of H-pyrrole nitrogens is 1. The summed E-state index contributed by atoms with van der Waals surface area (Å²) in [4.78, 5) is 28.8. The minimum atomic E-state index is -3.91. The average Bonchev–Trinajstić information content (AvgIpc) is 3.34. The molecule has 1 aromatic heterocycles. The van der Waals surface area contributed by atoms with E-state index in [2.05, 4.69) is 15.6 Å². The molecule has 4 aromatic carbocycles. The minimum Gasteiger partial charge on any atom is -0.325 e. The number of thioether (sulfide) groups is 1. The van der Waals surface area contributed by atoms with Crippen molar-refractivity contribution in [1.82, 2.24) is 4.98 Å². The first kappa shape index (κ1) is 26.2. The Morgan fingerprint density at radius 3 is 2.26 bits per heavy atom. The van der Waals surface area contributed by atoms with Crippen molar-refractivity contribution < 1.29 is 22.0 Å². The number of imidazole rings is 1. The van der Waals surface area contributed by atoms with Gasteiger partial charge in [0.15, 0.2) is 11.0 Å². The van der Waals surface area contributed by atoms with Crippen LogP contribution in [0.15, 0.2) is 113 Å². The van der Waals surface area contributed by atoms with Gasteiger partial charge in [-0.3, -0.25) is 9.59 Å². The summed E-state index contributed by atoms with van der Waals surface area (Å²) in [7, 11) is -3.91. The molecule has 0 aliphatic carbocycles. The van der Waals surface area contributed by atoms with Gasteiger partial charge in [-0.1, -0.05) is 54.6 Å². The van der Waals surface area contributed by atoms with E-state index in [9.17, 15) is 18.0 Å². The van der Waals surface area contributed by atoms with E-state index >= 15 is 0 Å². The highest BCUT2D eigenvalue weighted by Crippen LogP contribution is 2.24. The molecule has 8 nitrogen and oxygen atoms in total. The van der Waals surface area contributed by atoms with Gasteiger partial charge in [-0.2, -0.15) is 8.42 Å². The van der Waals surface area contributed by atoms with Gasteiger partial charge in [0.05, 0.1) is 5.75 Å². The van der Waals surface area contributed by atoms with E-state index in [4.69, 9.17) is 0 Å². The molecule has 0 aliphatic heterocycles. The van der Waals surface area contributed by atoms with E-state index in [1.807, 2.05) is 19.1 Å². The second kappa shape index (κ2) is 11.1. The van der Waals surface area contributed by atoms with Gasteiger partial charge < -0.3 is 10.6 Å². The SMILES string of the molecule is Cc1ccc(NC(=O)CSc2[nH]c3ccccc3[n+]2S(=O)(=O)c2ccccc2)cc1NC(=O)c1ccccc1. The van der Waals surface area contributed by atoms with Crippen LogP contribution in [-0.2, 0) is 14.8 Å². The number of nitrogens with zero attached hydrogens (tertiary/aromatic N) is 1. The Kier molecular flexibility index (Phi) is 7.49. The van der Waals surface area contributed by atoms with Gasteiger partial charge >= 0.3 is 15.2 Å². The summed E-state index contributed by atoms with van der Waals surface area (Å²) in [5, 5.41) is 6.03. The number of aromatic nitrogens is 2. The Labute approximate surface area is 230 Å². The van der Waals surface area contributed by atoms with Gasteiger partial charge in [-0.15, -0.1) is 3.97 Å². The quantitative estimate of drug-likeness (QED) is 0.184. The third-order valence-corrected chi connectivity index (χ3v) is 8.78. The van der Waals surface area contributed by atoms with Gasteiger partial charge in [-0.05, 0) is 72.8 Å². The maximum absolute atomic E-state index is 13.5. The number of nitrogens with one attached hydrogen (secondary N) is 3. The molecule has 0 atom stereocenters. The summed E-state index contributed by atoms with van der Waals surface area (Å²) in [6.45, 7) is 1.86. The van der Waals surface area contributed by atoms with Crippen LogP contribution in [0.2, 0.25) is 0 Å². The second-order valence-electron chi connectivity index (χ2n) is 8.72. The number of amides is 2. The van der Waals surface area contributed by atoms with E-state index in [0.717, 1.165) is 17.3 Å². The van der Waals surface area contributed by atoms with E-state index in [1.165, 1.54) is 16.1 Å². The van der Waals surface area contributed by atoms with Crippen molar-refractivity contribution in [2.24, 2.45) is 0 Å². The molecule has 0 fully saturated rings. The van der Waals surface area contributed by atoms with Crippen LogP contribution in [-0.4, -0.2) is 31.0 Å². The first-order chi connectivity index (χ1) is 18.8. The largest absolute Gasteiger partial charge is 0.336 e. The molecule has 196 valence electrons. The lowest BCUT2D eigenvalue weighted by molar-refractivity contribution is -0.526. The Bertz CT molecular complexity index is 1770. The summed E-state index contributed by atoms with van der Waals surface area (Å²) in [6, 6.07) is 29.4. The maximum atomic E-state index is 13.5. The molecule has 0 saturated carbocycles. The molecule has 1 heterocycles. The number of hydrogen-bond acceptors (Lipinski definition) is 5. The highest BCUT2D eigenvalue weighted by molar-refractivity contribution is 8.00. The zero-order valence-electron chi connectivity index (χ0n) is 20.9. The molecule has 5 rings (SSSR count). The van der Waals surface area contributed by atoms with E-state index in [1.54, 1.807) is 78.9 Å². The van der Waals surface area contributed by atoms with Gasteiger partial charge in [-0.25, -0.2) is 4.98 Å². The summed E-state index contributed by atoms with van der Waals surface area (Å²) in [5.74, 6) is -0.622. The first-order valence-electron chi connectivity index (χ1n) is 12.1. The van der Waals surface area contributed by atoms with Crippen LogP contribution in [0.4, 0.5) is 11.4 Å². The van der Waals surface area contributed by atoms with Crippen LogP contribution >= 0.6 is 11.8 Å². The number of fused-ring (bicyclic) bond motifs is 1. The van der Waals surface area contributed by atoms with Crippen LogP contribution in [0.1, 0.15) is 15.9 Å². The van der Waals surface area contributed by atoms with Gasteiger partial charge in [0.25, 0.3) is 5.91 Å². The van der Waals surface area contributed by atoms with E-state index < -0.39 is 10.0 Å². The number of carbonyl (C=O) groups excluding carboxylic acids is 2. The van der Waals surface area contributed by atoms with Crippen molar-refractivity contribution >= 4 is 56.0 Å². The summed E-state index contributed by atoms with van der Waals surface area (Å²) in [5.41, 5.74) is 3.59. The molecule has 39 heavy (non-hydrogen) atoms. The number of carbonyl (C=O) groups is 2. The fraction of sp³-hybridized carbons (Fsp3) is 0.0690. The minimum absolute atomic E-state index is 0.0449. The lowest BCUT2D eigenvalue weighted by atomic mass is 10.1. The number of anilines is 2. The predicted molar refractivity (Wildman–Crippen MR) is 152 cm³/mol. The highest BCUT2D eigenvalue weighted by atomic mass is 32.2. The summed E-state index contributed by atoms with van der Waals surface area (Å²) < 4.78 is 28.3. The molecule has 3 N–H and O–H groups in total. The standard InChI is InChI=1S/C29H24N4O4S2/c1-20-16-17-22(18-25(20)31-28(35)21-10-4-2-5-11-21)30-27(34)19-38-29-32-24-14-8-9-15-26(24)33(29)39(36,37)23-12-6-3-7-13-23/h2-18H,19H2,1H3,(H2,30,31,34,35)/p+1. The normalized spacial score (nSPS) is 11.3. The predicted octanol–water partition coefficient (Wildman–Crippen LogP) is 4.98. The van der Waals surface area contributed by atoms with Crippen molar-refractivity contribution in [1.29, 1.82) is 0 Å². The van der Waals surface area contributed by atoms with Gasteiger partial charge in [0.1, 0.15) is 4.90 Å². The lowest BCUT2D eigenvalue weighted by Crippen LogP contribution is -2.44. The fourth-order valence-electron chi connectivity index (χ4n) is 4.01. The smallest absolute Gasteiger partial charge is 0.325 e. The Hall–Kier alpha value is -4.41. The molecular formula is C29H25N4O4S2+. The molecule has 0 unspecified atom stereocenters. The second-order valence-corrected chi connectivity index (χ2v) is 11.5. The Morgan fingerprint density at radius 1 is 0.846 bits per heavy atom. The molecule has 0 saturated heterocycles. The topological polar surface area (TPSA) is 112 Å². The van der Waals surface area contributed by atoms with Crippen LogP contribution in [0.25, 0.3) is 11.0 Å². The molecule has 5 aromatic rings. The van der Waals surface area contributed by atoms with Crippen LogP contribution in [0.3, 0.4) is 0 Å². The fourth-order valence-corrected chi connectivity index (χ4v) is 6.60. The zero-order chi connectivity index (χ0) is 27.4. The van der Waals surface area contributed by atoms with Crippen molar-refractivity contribution in [2.45, 2.75) is 17.0 Å². The van der Waals surface area contributed by atoms with E-state index in [-0.39, 0.29) is 22.5 Å². The van der Waals surface area contributed by atoms with Crippen LogP contribution in [0, 0.1) is 6.92 Å². The highest BCUT2D eigenvalue weighted by Gasteiger charge is 2.31. The average molecular weight is 558 g/mol. The van der Waals surface area contributed by atoms with Gasteiger partial charge in [0, 0.05) is 16.9 Å². The first-order valence-corrected chi connectivity index (χ1v) is 14.5. The number of benzene rings is 4. The molecule has 0 spiro atoms. The number of aromatic amines is 1. The number of para-hydroxylation sites is 2. The van der Waals surface area contributed by atoms with Crippen molar-refractivity contribution in [2.75, 3.05) is 16.4 Å². The third-order valence-electron chi connectivity index (χ3n) is 5.98. The maximum Gasteiger partial charge on any atom is 0.336 e. The molecule has 0 bridgehead atoms. The van der Waals surface area contributed by atoms with Crippen molar-refractivity contribution in [3.05, 3.63) is 114 Å². The third kappa shape index (κ3) is 5.71. The summed E-state index contributed by atoms with van der Waals surface area (Å²) >= 11 is 1.08. The van der Waals surface area contributed by atoms with Crippen LogP contribution in [0.5, 0.6) is 0 Å². The van der Waals surface area contributed by atoms with Crippen molar-refractivity contribution in [3.8, 4) is 0 Å². The number of aryl methyl sites for hydroxylation is 1. The molecule has 2 amide bonds. The van der Waals surface area contributed by atoms with Crippen molar-refractivity contribution in [3.63, 3.8) is 0 Å². The van der Waals surface area contributed by atoms with Gasteiger partial charge in [0.2, 0.25) is 5.91 Å².